The Morgan fingerprint density at radius 3 is 2.13 bits per heavy atom. The monoisotopic (exact) mass is 574 g/mol. The molecule has 0 saturated carbocycles. The van der Waals surface area contributed by atoms with Crippen molar-refractivity contribution in [3.8, 4) is 0 Å². The van der Waals surface area contributed by atoms with Crippen LogP contribution in [0.25, 0.3) is 0 Å². The molecule has 38 heavy (non-hydrogen) atoms. The highest BCUT2D eigenvalue weighted by Crippen LogP contribution is 2.43. The van der Waals surface area contributed by atoms with E-state index in [1.54, 1.807) is 29.2 Å². The molecule has 2 aliphatic heterocycles. The molecule has 10 heteroatoms. The zero-order valence-corrected chi connectivity index (χ0v) is 23.6. The summed E-state index contributed by atoms with van der Waals surface area (Å²) in [7, 11) is -7.86. The molecule has 1 saturated heterocycles. The third-order valence-electron chi connectivity index (χ3n) is 7.27. The van der Waals surface area contributed by atoms with Crippen molar-refractivity contribution in [3.63, 3.8) is 0 Å². The van der Waals surface area contributed by atoms with Gasteiger partial charge in [-0.3, -0.25) is 9.69 Å². The maximum atomic E-state index is 13.6. The number of aryl methyl sites for hydroxylation is 1. The summed E-state index contributed by atoms with van der Waals surface area (Å²) in [6, 6.07) is 20.9. The highest BCUT2D eigenvalue weighted by atomic mass is 35.5. The molecule has 3 aromatic carbocycles. The Morgan fingerprint density at radius 1 is 0.868 bits per heavy atom. The van der Waals surface area contributed by atoms with Crippen LogP contribution < -0.4 is 0 Å². The van der Waals surface area contributed by atoms with E-state index >= 15 is 0 Å². The van der Waals surface area contributed by atoms with Gasteiger partial charge in [-0.15, -0.1) is 12.4 Å². The molecule has 0 spiro atoms. The normalized spacial score (nSPS) is 19.0. The van der Waals surface area contributed by atoms with Gasteiger partial charge in [-0.25, -0.2) is 16.8 Å². The second kappa shape index (κ2) is 11.2. The highest BCUT2D eigenvalue weighted by Gasteiger charge is 2.45. The van der Waals surface area contributed by atoms with Crippen molar-refractivity contribution in [3.05, 3.63) is 95.1 Å². The van der Waals surface area contributed by atoms with Gasteiger partial charge >= 0.3 is 0 Å². The molecule has 1 amide bonds. The third-order valence-corrected chi connectivity index (χ3v) is 11.4. The van der Waals surface area contributed by atoms with Crippen molar-refractivity contribution < 1.29 is 21.6 Å². The first-order valence-corrected chi connectivity index (χ1v) is 15.6. The van der Waals surface area contributed by atoms with E-state index in [0.29, 0.717) is 26.2 Å². The molecule has 5 rings (SSSR count). The number of fused-ring (bicyclic) bond motifs is 1. The van der Waals surface area contributed by atoms with E-state index in [1.165, 1.54) is 35.4 Å². The highest BCUT2D eigenvalue weighted by molar-refractivity contribution is 7.96. The average molecular weight is 575 g/mol. The molecule has 2 heterocycles. The van der Waals surface area contributed by atoms with Gasteiger partial charge in [0, 0.05) is 43.9 Å². The van der Waals surface area contributed by atoms with Gasteiger partial charge in [-0.05, 0) is 41.8 Å². The molecule has 1 unspecified atom stereocenters. The van der Waals surface area contributed by atoms with Crippen LogP contribution in [-0.4, -0.2) is 64.5 Å². The lowest BCUT2D eigenvalue weighted by Gasteiger charge is -2.35. The van der Waals surface area contributed by atoms with Crippen LogP contribution in [-0.2, 0) is 32.6 Å². The Hall–Kier alpha value is -2.72. The van der Waals surface area contributed by atoms with Crippen LogP contribution >= 0.6 is 12.4 Å². The van der Waals surface area contributed by atoms with Crippen molar-refractivity contribution in [1.29, 1.82) is 0 Å². The first-order chi connectivity index (χ1) is 17.7. The Morgan fingerprint density at radius 2 is 1.50 bits per heavy atom. The zero-order valence-electron chi connectivity index (χ0n) is 21.1. The molecule has 3 aromatic rings. The van der Waals surface area contributed by atoms with Crippen LogP contribution in [0, 0.1) is 0 Å². The fourth-order valence-corrected chi connectivity index (χ4v) is 9.52. The predicted octanol–water partition coefficient (Wildman–Crippen LogP) is 3.93. The summed E-state index contributed by atoms with van der Waals surface area (Å²) >= 11 is 0. The SMILES string of the molecule is CCc1ccc(CN2CCN(C(=O)c3cccc4c3C(S(=O)(=O)c3ccccc3)CS4(=O)=O)CC2)cc1.Cl. The average Bonchev–Trinajstić information content (AvgIpc) is 3.21. The quantitative estimate of drug-likeness (QED) is 0.443. The molecule has 202 valence electrons. The first-order valence-electron chi connectivity index (χ1n) is 12.4. The number of benzene rings is 3. The number of rotatable bonds is 6. The fraction of sp³-hybridized carbons (Fsp3) is 0.321. The number of carbonyl (C=O) groups excluding carboxylic acids is 1. The van der Waals surface area contributed by atoms with E-state index in [9.17, 15) is 21.6 Å². The second-order valence-electron chi connectivity index (χ2n) is 9.58. The number of piperazine rings is 1. The number of carbonyl (C=O) groups is 1. The standard InChI is InChI=1S/C28H30N2O5S2.ClH/c1-2-21-11-13-22(14-12-21)19-29-15-17-30(18-16-29)28(31)24-9-6-10-25-27(24)26(20-36(25,32)33)37(34,35)23-7-4-3-5-8-23;/h3-14,26H,2,15-20H2,1H3;1H. The molecule has 0 N–H and O–H groups in total. The summed E-state index contributed by atoms with van der Waals surface area (Å²) in [5.41, 5.74) is 2.78. The molecular formula is C28H31ClN2O5S2. The van der Waals surface area contributed by atoms with E-state index in [2.05, 4.69) is 36.1 Å². The maximum Gasteiger partial charge on any atom is 0.254 e. The zero-order chi connectivity index (χ0) is 26.2. The van der Waals surface area contributed by atoms with Crippen LogP contribution in [0.15, 0.2) is 82.6 Å². The summed E-state index contributed by atoms with van der Waals surface area (Å²) < 4.78 is 52.9. The largest absolute Gasteiger partial charge is 0.336 e. The Labute approximate surface area is 230 Å². The van der Waals surface area contributed by atoms with Gasteiger partial charge in [0.05, 0.1) is 15.5 Å². The van der Waals surface area contributed by atoms with Crippen LogP contribution in [0.5, 0.6) is 0 Å². The lowest BCUT2D eigenvalue weighted by atomic mass is 10.0. The minimum atomic E-state index is -4.02. The van der Waals surface area contributed by atoms with Gasteiger partial charge in [0.15, 0.2) is 19.7 Å². The smallest absolute Gasteiger partial charge is 0.254 e. The molecule has 0 aromatic heterocycles. The molecule has 7 nitrogen and oxygen atoms in total. The fourth-order valence-electron chi connectivity index (χ4n) is 5.14. The van der Waals surface area contributed by atoms with E-state index in [1.807, 2.05) is 0 Å². The molecule has 0 radical (unpaired) electrons. The summed E-state index contributed by atoms with van der Waals surface area (Å²) in [4.78, 5) is 17.6. The van der Waals surface area contributed by atoms with Crippen molar-refractivity contribution in [2.24, 2.45) is 0 Å². The first kappa shape index (κ1) is 28.3. The summed E-state index contributed by atoms with van der Waals surface area (Å²) in [5.74, 6) is -0.886. The van der Waals surface area contributed by atoms with E-state index in [-0.39, 0.29) is 39.2 Å². The van der Waals surface area contributed by atoms with Gasteiger partial charge in [0.25, 0.3) is 5.91 Å². The van der Waals surface area contributed by atoms with Gasteiger partial charge < -0.3 is 4.90 Å². The van der Waals surface area contributed by atoms with Gasteiger partial charge in [-0.2, -0.15) is 0 Å². The number of nitrogens with zero attached hydrogens (tertiary/aromatic N) is 2. The van der Waals surface area contributed by atoms with Crippen molar-refractivity contribution in [2.75, 3.05) is 31.9 Å². The minimum absolute atomic E-state index is 0. The molecule has 1 fully saturated rings. The van der Waals surface area contributed by atoms with Crippen LogP contribution in [0.3, 0.4) is 0 Å². The number of hydrogen-bond donors (Lipinski definition) is 0. The number of sulfone groups is 2. The summed E-state index contributed by atoms with van der Waals surface area (Å²) in [6.07, 6.45) is 0.999. The Bertz CT molecular complexity index is 1520. The third kappa shape index (κ3) is 5.38. The number of hydrogen-bond acceptors (Lipinski definition) is 6. The molecule has 2 aliphatic rings. The van der Waals surface area contributed by atoms with E-state index in [0.717, 1.165) is 13.0 Å². The summed E-state index contributed by atoms with van der Waals surface area (Å²) in [6.45, 7) is 5.25. The van der Waals surface area contributed by atoms with Gasteiger partial charge in [0.1, 0.15) is 5.25 Å². The minimum Gasteiger partial charge on any atom is -0.336 e. The lowest BCUT2D eigenvalue weighted by Crippen LogP contribution is -2.48. The predicted molar refractivity (Wildman–Crippen MR) is 149 cm³/mol. The van der Waals surface area contributed by atoms with Crippen LogP contribution in [0.1, 0.15) is 39.2 Å². The molecule has 1 atom stereocenters. The second-order valence-corrected chi connectivity index (χ2v) is 13.7. The molecule has 0 bridgehead atoms. The molecule has 0 aliphatic carbocycles. The van der Waals surface area contributed by atoms with E-state index in [4.69, 9.17) is 0 Å². The van der Waals surface area contributed by atoms with Gasteiger partial charge in [0.2, 0.25) is 0 Å². The Balaban J connectivity index is 0.00000336. The van der Waals surface area contributed by atoms with Gasteiger partial charge in [-0.1, -0.05) is 55.5 Å². The number of amides is 1. The van der Waals surface area contributed by atoms with Crippen molar-refractivity contribution in [1.82, 2.24) is 9.80 Å². The van der Waals surface area contributed by atoms with Crippen molar-refractivity contribution in [2.45, 2.75) is 34.9 Å². The topological polar surface area (TPSA) is 91.8 Å². The molecular weight excluding hydrogens is 544 g/mol. The summed E-state index contributed by atoms with van der Waals surface area (Å²) in [5, 5.41) is -1.32. The van der Waals surface area contributed by atoms with Crippen LogP contribution in [0.4, 0.5) is 0 Å². The number of halogens is 1. The lowest BCUT2D eigenvalue weighted by molar-refractivity contribution is 0.0627. The van der Waals surface area contributed by atoms with E-state index < -0.39 is 30.7 Å². The Kier molecular flexibility index (Phi) is 8.32. The van der Waals surface area contributed by atoms with Crippen molar-refractivity contribution >= 4 is 38.0 Å². The maximum absolute atomic E-state index is 13.6. The van der Waals surface area contributed by atoms with Crippen LogP contribution in [0.2, 0.25) is 0 Å².